The Labute approximate surface area is 100 Å². The minimum absolute atomic E-state index is 0.107. The molecule has 0 aliphatic carbocycles. The highest BCUT2D eigenvalue weighted by atomic mass is 16.5. The molecule has 1 rings (SSSR count). The smallest absolute Gasteiger partial charge is 0.0886 e. The Morgan fingerprint density at radius 3 is 2.38 bits per heavy atom. The zero-order chi connectivity index (χ0) is 12.1. The average Bonchev–Trinajstić information content (AvgIpc) is 2.23. The normalized spacial score (nSPS) is 30.6. The molecule has 0 aromatic heterocycles. The van der Waals surface area contributed by atoms with E-state index in [1.807, 2.05) is 0 Å². The molecule has 1 heterocycles. The van der Waals surface area contributed by atoms with Gasteiger partial charge in [-0.15, -0.1) is 0 Å². The van der Waals surface area contributed by atoms with Crippen molar-refractivity contribution in [2.24, 2.45) is 17.8 Å². The zero-order valence-electron chi connectivity index (χ0n) is 11.3. The van der Waals surface area contributed by atoms with Crippen LogP contribution in [0.5, 0.6) is 0 Å². The van der Waals surface area contributed by atoms with E-state index >= 15 is 0 Å². The van der Waals surface area contributed by atoms with Crippen LogP contribution < -0.4 is 0 Å². The first kappa shape index (κ1) is 14.0. The average molecular weight is 228 g/mol. The van der Waals surface area contributed by atoms with Gasteiger partial charge in [-0.1, -0.05) is 40.5 Å². The summed E-state index contributed by atoms with van der Waals surface area (Å²) in [4.78, 5) is 0. The minimum atomic E-state index is -0.256. The van der Waals surface area contributed by atoms with E-state index in [1.54, 1.807) is 0 Å². The lowest BCUT2D eigenvalue weighted by atomic mass is 9.77. The number of aliphatic hydroxyl groups excluding tert-OH is 1. The number of ether oxygens (including phenoxy) is 1. The van der Waals surface area contributed by atoms with E-state index in [-0.39, 0.29) is 12.2 Å². The largest absolute Gasteiger partial charge is 0.390 e. The van der Waals surface area contributed by atoms with Gasteiger partial charge in [-0.25, -0.2) is 0 Å². The Balaban J connectivity index is 2.55. The molecule has 0 saturated carbocycles. The molecule has 2 nitrogen and oxygen atoms in total. The molecule has 1 fully saturated rings. The lowest BCUT2D eigenvalue weighted by Crippen LogP contribution is -2.51. The van der Waals surface area contributed by atoms with Gasteiger partial charge in [0.1, 0.15) is 0 Å². The lowest BCUT2D eigenvalue weighted by Gasteiger charge is -2.43. The predicted octanol–water partition coefficient (Wildman–Crippen LogP) is 3.23. The van der Waals surface area contributed by atoms with Crippen LogP contribution in [-0.4, -0.2) is 23.9 Å². The highest BCUT2D eigenvalue weighted by molar-refractivity contribution is 4.89. The zero-order valence-corrected chi connectivity index (χ0v) is 11.3. The summed E-state index contributed by atoms with van der Waals surface area (Å²) in [6, 6.07) is 0. The minimum Gasteiger partial charge on any atom is -0.390 e. The highest BCUT2D eigenvalue weighted by Gasteiger charge is 2.40. The van der Waals surface area contributed by atoms with Crippen molar-refractivity contribution in [3.63, 3.8) is 0 Å². The SMILES string of the molecule is CCCC(C(C)CC)C(O)C1OCC1CC. The van der Waals surface area contributed by atoms with Gasteiger partial charge in [-0.05, 0) is 24.7 Å². The Kier molecular flexibility index (Phi) is 5.77. The van der Waals surface area contributed by atoms with Crippen LogP contribution >= 0.6 is 0 Å². The van der Waals surface area contributed by atoms with Gasteiger partial charge in [-0.3, -0.25) is 0 Å². The number of hydrogen-bond donors (Lipinski definition) is 1. The first-order valence-electron chi connectivity index (χ1n) is 6.95. The molecule has 1 aliphatic rings. The molecule has 1 N–H and O–H groups in total. The summed E-state index contributed by atoms with van der Waals surface area (Å²) in [6.07, 6.45) is 4.39. The fourth-order valence-electron chi connectivity index (χ4n) is 2.74. The topological polar surface area (TPSA) is 29.5 Å². The molecule has 2 heteroatoms. The van der Waals surface area contributed by atoms with Gasteiger partial charge in [0.05, 0.1) is 18.8 Å². The predicted molar refractivity (Wildman–Crippen MR) is 67.4 cm³/mol. The molecule has 1 saturated heterocycles. The molecule has 1 aliphatic heterocycles. The lowest BCUT2D eigenvalue weighted by molar-refractivity contribution is -0.185. The van der Waals surface area contributed by atoms with E-state index < -0.39 is 0 Å². The van der Waals surface area contributed by atoms with Crippen LogP contribution in [0.3, 0.4) is 0 Å². The van der Waals surface area contributed by atoms with Crippen LogP contribution in [0.1, 0.15) is 53.4 Å². The molecular weight excluding hydrogens is 200 g/mol. The molecule has 0 radical (unpaired) electrons. The Hall–Kier alpha value is -0.0800. The maximum Gasteiger partial charge on any atom is 0.0886 e. The molecule has 0 bridgehead atoms. The molecule has 5 unspecified atom stereocenters. The molecule has 0 aromatic carbocycles. The van der Waals surface area contributed by atoms with Gasteiger partial charge in [0.25, 0.3) is 0 Å². The van der Waals surface area contributed by atoms with Crippen LogP contribution in [0.4, 0.5) is 0 Å². The number of hydrogen-bond acceptors (Lipinski definition) is 2. The first-order chi connectivity index (χ1) is 7.65. The molecular formula is C14H28O2. The summed E-state index contributed by atoms with van der Waals surface area (Å²) in [5.74, 6) is 1.59. The summed E-state index contributed by atoms with van der Waals surface area (Å²) in [6.45, 7) is 9.69. The third-order valence-corrected chi connectivity index (χ3v) is 4.26. The van der Waals surface area contributed by atoms with Crippen molar-refractivity contribution in [2.75, 3.05) is 6.61 Å². The van der Waals surface area contributed by atoms with E-state index in [2.05, 4.69) is 27.7 Å². The molecule has 96 valence electrons. The number of aliphatic hydroxyl groups is 1. The Bertz CT molecular complexity index is 191. The van der Waals surface area contributed by atoms with E-state index in [4.69, 9.17) is 4.74 Å². The van der Waals surface area contributed by atoms with E-state index in [1.165, 1.54) is 0 Å². The van der Waals surface area contributed by atoms with Crippen molar-refractivity contribution in [2.45, 2.75) is 65.6 Å². The molecule has 16 heavy (non-hydrogen) atoms. The molecule has 0 amide bonds. The van der Waals surface area contributed by atoms with Gasteiger partial charge in [0.15, 0.2) is 0 Å². The second-order valence-corrected chi connectivity index (χ2v) is 5.29. The second-order valence-electron chi connectivity index (χ2n) is 5.29. The summed E-state index contributed by atoms with van der Waals surface area (Å²) < 4.78 is 5.57. The molecule has 0 aromatic rings. The van der Waals surface area contributed by atoms with Crippen LogP contribution in [0, 0.1) is 17.8 Å². The number of rotatable bonds is 7. The van der Waals surface area contributed by atoms with Crippen LogP contribution in [0.2, 0.25) is 0 Å². The van der Waals surface area contributed by atoms with Gasteiger partial charge >= 0.3 is 0 Å². The standard InChI is InChI=1S/C14H28O2/c1-5-8-12(10(4)6-2)13(15)14-11(7-3)9-16-14/h10-15H,5-9H2,1-4H3. The third kappa shape index (κ3) is 2.98. The summed E-state index contributed by atoms with van der Waals surface area (Å²) >= 11 is 0. The fraction of sp³-hybridized carbons (Fsp3) is 1.00. The molecule has 5 atom stereocenters. The Morgan fingerprint density at radius 2 is 2.00 bits per heavy atom. The summed E-state index contributed by atoms with van der Waals surface area (Å²) in [5, 5.41) is 10.4. The van der Waals surface area contributed by atoms with Gasteiger partial charge in [0, 0.05) is 5.92 Å². The van der Waals surface area contributed by atoms with Gasteiger partial charge < -0.3 is 9.84 Å². The Morgan fingerprint density at radius 1 is 1.31 bits per heavy atom. The maximum atomic E-state index is 10.4. The van der Waals surface area contributed by atoms with Gasteiger partial charge in [-0.2, -0.15) is 0 Å². The highest BCUT2D eigenvalue weighted by Crippen LogP contribution is 2.34. The van der Waals surface area contributed by atoms with Crippen LogP contribution in [0.25, 0.3) is 0 Å². The van der Waals surface area contributed by atoms with Crippen molar-refractivity contribution in [1.29, 1.82) is 0 Å². The fourth-order valence-corrected chi connectivity index (χ4v) is 2.74. The molecule has 0 spiro atoms. The van der Waals surface area contributed by atoms with Crippen molar-refractivity contribution < 1.29 is 9.84 Å². The summed E-state index contributed by atoms with van der Waals surface area (Å²) in [7, 11) is 0. The monoisotopic (exact) mass is 228 g/mol. The van der Waals surface area contributed by atoms with E-state index in [0.717, 1.165) is 32.3 Å². The van der Waals surface area contributed by atoms with E-state index in [9.17, 15) is 5.11 Å². The van der Waals surface area contributed by atoms with Crippen molar-refractivity contribution >= 4 is 0 Å². The van der Waals surface area contributed by atoms with Gasteiger partial charge in [0.2, 0.25) is 0 Å². The van der Waals surface area contributed by atoms with Crippen LogP contribution in [-0.2, 0) is 4.74 Å². The van der Waals surface area contributed by atoms with E-state index in [0.29, 0.717) is 17.8 Å². The van der Waals surface area contributed by atoms with Crippen molar-refractivity contribution in [1.82, 2.24) is 0 Å². The van der Waals surface area contributed by atoms with Crippen molar-refractivity contribution in [3.05, 3.63) is 0 Å². The maximum absolute atomic E-state index is 10.4. The quantitative estimate of drug-likeness (QED) is 0.725. The van der Waals surface area contributed by atoms with Crippen molar-refractivity contribution in [3.8, 4) is 0 Å². The second kappa shape index (κ2) is 6.61. The first-order valence-corrected chi connectivity index (χ1v) is 6.95. The summed E-state index contributed by atoms with van der Waals surface area (Å²) in [5.41, 5.74) is 0. The van der Waals surface area contributed by atoms with Crippen LogP contribution in [0.15, 0.2) is 0 Å². The third-order valence-electron chi connectivity index (χ3n) is 4.26.